The van der Waals surface area contributed by atoms with Crippen molar-refractivity contribution in [2.75, 3.05) is 27.3 Å². The molecule has 42 heavy (non-hydrogen) atoms. The summed E-state index contributed by atoms with van der Waals surface area (Å²) in [5.74, 6) is 0.587. The molecule has 0 radical (unpaired) electrons. The number of nitrogens with one attached hydrogen (secondary N) is 2. The number of nitrogens with zero attached hydrogens (tertiary/aromatic N) is 4. The van der Waals surface area contributed by atoms with Gasteiger partial charge in [-0.2, -0.15) is 10.2 Å². The molecule has 0 spiro atoms. The summed E-state index contributed by atoms with van der Waals surface area (Å²) in [6.45, 7) is 3.20. The van der Waals surface area contributed by atoms with Gasteiger partial charge in [-0.15, -0.1) is 0 Å². The summed E-state index contributed by atoms with van der Waals surface area (Å²) in [4.78, 5) is 15.1. The lowest BCUT2D eigenvalue weighted by atomic mass is 10.0. The van der Waals surface area contributed by atoms with Gasteiger partial charge in [-0.1, -0.05) is 48.5 Å². The van der Waals surface area contributed by atoms with Gasteiger partial charge in [-0.25, -0.2) is 15.0 Å². The molecule has 1 fully saturated rings. The van der Waals surface area contributed by atoms with Gasteiger partial charge in [0.2, 0.25) is 0 Å². The zero-order valence-electron chi connectivity index (χ0n) is 23.8. The standard InChI is InChI=1S/C33H34N6O3/c1-35-19-30(37-34)27-17-28(27)32-29(33(40)41-2)18-36-39(32)26-11-6-10-24(16-26)23-9-5-7-22(15-23)20-38-13-14-42-31-12-4-3-8-25(31)21-38/h3-12,15-16,18-19,27-28,34-35H,13-14,17,20-21H2,1-2H3/b30-19-,37-34?. The Morgan fingerprint density at radius 3 is 2.76 bits per heavy atom. The molecule has 1 aliphatic heterocycles. The number of carbonyl (C=O) groups excluding carboxylic acids is 1. The molecule has 3 aromatic carbocycles. The van der Waals surface area contributed by atoms with Crippen LogP contribution < -0.4 is 10.1 Å². The average molecular weight is 563 g/mol. The topological polar surface area (TPSA) is 105 Å². The second kappa shape index (κ2) is 12.0. The van der Waals surface area contributed by atoms with Crippen LogP contribution in [0.3, 0.4) is 0 Å². The summed E-state index contributed by atoms with van der Waals surface area (Å²) < 4.78 is 12.9. The van der Waals surface area contributed by atoms with Crippen LogP contribution in [-0.2, 0) is 17.8 Å². The maximum atomic E-state index is 12.7. The predicted molar refractivity (Wildman–Crippen MR) is 160 cm³/mol. The van der Waals surface area contributed by atoms with Crippen molar-refractivity contribution in [1.29, 1.82) is 5.53 Å². The van der Waals surface area contributed by atoms with E-state index >= 15 is 0 Å². The maximum absolute atomic E-state index is 12.7. The lowest BCUT2D eigenvalue weighted by Crippen LogP contribution is -2.25. The fourth-order valence-electron chi connectivity index (χ4n) is 5.82. The van der Waals surface area contributed by atoms with E-state index in [1.54, 1.807) is 19.4 Å². The van der Waals surface area contributed by atoms with Crippen LogP contribution >= 0.6 is 0 Å². The van der Waals surface area contributed by atoms with Crippen LogP contribution in [0, 0.1) is 11.4 Å². The van der Waals surface area contributed by atoms with Crippen molar-refractivity contribution in [3.63, 3.8) is 0 Å². The molecule has 1 saturated carbocycles. The first-order valence-corrected chi connectivity index (χ1v) is 14.1. The number of carbonyl (C=O) groups is 1. The summed E-state index contributed by atoms with van der Waals surface area (Å²) in [7, 11) is 3.17. The number of rotatable bonds is 9. The molecular formula is C33H34N6O3. The van der Waals surface area contributed by atoms with Gasteiger partial charge < -0.3 is 14.8 Å². The molecule has 9 nitrogen and oxygen atoms in total. The van der Waals surface area contributed by atoms with Crippen molar-refractivity contribution in [3.8, 4) is 22.6 Å². The molecular weight excluding hydrogens is 528 g/mol. The van der Waals surface area contributed by atoms with Crippen molar-refractivity contribution >= 4 is 5.97 Å². The molecule has 1 aromatic heterocycles. The third-order valence-electron chi connectivity index (χ3n) is 7.94. The quantitative estimate of drug-likeness (QED) is 0.194. The first-order chi connectivity index (χ1) is 20.6. The molecule has 0 bridgehead atoms. The van der Waals surface area contributed by atoms with Gasteiger partial charge in [0.15, 0.2) is 0 Å². The fourth-order valence-corrected chi connectivity index (χ4v) is 5.82. The third kappa shape index (κ3) is 5.56. The highest BCUT2D eigenvalue weighted by molar-refractivity contribution is 5.91. The summed E-state index contributed by atoms with van der Waals surface area (Å²) in [6.07, 6.45) is 4.09. The molecule has 2 unspecified atom stereocenters. The summed E-state index contributed by atoms with van der Waals surface area (Å²) in [5, 5.41) is 11.3. The smallest absolute Gasteiger partial charge is 0.341 e. The molecule has 2 atom stereocenters. The lowest BCUT2D eigenvalue weighted by molar-refractivity contribution is 0.0599. The first-order valence-electron chi connectivity index (χ1n) is 14.1. The SMILES string of the molecule is CN/C=C(\N=N)C1CC1c1c(C(=O)OC)cnn1-c1cccc(-c2cccc(CN3CCOc4ccccc4C3)c2)c1. The van der Waals surface area contributed by atoms with Gasteiger partial charge in [0.1, 0.15) is 17.9 Å². The van der Waals surface area contributed by atoms with Crippen LogP contribution in [0.2, 0.25) is 0 Å². The van der Waals surface area contributed by atoms with Crippen molar-refractivity contribution in [3.05, 3.63) is 113 Å². The van der Waals surface area contributed by atoms with E-state index in [-0.39, 0.29) is 11.8 Å². The summed E-state index contributed by atoms with van der Waals surface area (Å²) >= 11 is 0. The predicted octanol–water partition coefficient (Wildman–Crippen LogP) is 5.92. The summed E-state index contributed by atoms with van der Waals surface area (Å²) in [5.41, 5.74) is 14.9. The van der Waals surface area contributed by atoms with Crippen LogP contribution in [-0.4, -0.2) is 48.0 Å². The Morgan fingerprint density at radius 2 is 1.95 bits per heavy atom. The number of hydrogen-bond acceptors (Lipinski definition) is 8. The molecule has 2 N–H and O–H groups in total. The lowest BCUT2D eigenvalue weighted by Gasteiger charge is -2.20. The molecule has 214 valence electrons. The molecule has 2 heterocycles. The molecule has 9 heteroatoms. The van der Waals surface area contributed by atoms with Gasteiger partial charge in [-0.05, 0) is 47.4 Å². The van der Waals surface area contributed by atoms with E-state index in [4.69, 9.17) is 15.0 Å². The molecule has 6 rings (SSSR count). The number of aromatic nitrogens is 2. The summed E-state index contributed by atoms with van der Waals surface area (Å²) in [6, 6.07) is 25.1. The minimum Gasteiger partial charge on any atom is -0.492 e. The van der Waals surface area contributed by atoms with Crippen molar-refractivity contribution in [2.45, 2.75) is 25.4 Å². The van der Waals surface area contributed by atoms with E-state index in [1.807, 2.05) is 28.9 Å². The van der Waals surface area contributed by atoms with Crippen molar-refractivity contribution < 1.29 is 14.3 Å². The van der Waals surface area contributed by atoms with Gasteiger partial charge in [0.25, 0.3) is 0 Å². The number of esters is 1. The van der Waals surface area contributed by atoms with Crippen LogP contribution in [0.25, 0.3) is 16.8 Å². The van der Waals surface area contributed by atoms with E-state index < -0.39 is 5.97 Å². The second-order valence-corrected chi connectivity index (χ2v) is 10.7. The molecule has 0 amide bonds. The van der Waals surface area contributed by atoms with Crippen LogP contribution in [0.5, 0.6) is 5.75 Å². The van der Waals surface area contributed by atoms with Gasteiger partial charge in [0.05, 0.1) is 30.4 Å². The minimum absolute atomic E-state index is 0.00465. The zero-order valence-corrected chi connectivity index (χ0v) is 23.8. The van der Waals surface area contributed by atoms with E-state index in [1.165, 1.54) is 18.2 Å². The molecule has 4 aromatic rings. The van der Waals surface area contributed by atoms with Crippen LogP contribution in [0.15, 0.2) is 96.0 Å². The highest BCUT2D eigenvalue weighted by Gasteiger charge is 2.46. The van der Waals surface area contributed by atoms with Crippen molar-refractivity contribution in [1.82, 2.24) is 20.0 Å². The first kappa shape index (κ1) is 27.4. The Labute approximate surface area is 245 Å². The maximum Gasteiger partial charge on any atom is 0.341 e. The van der Waals surface area contributed by atoms with E-state index in [2.05, 4.69) is 69.0 Å². The number of ether oxygens (including phenoxy) is 2. The largest absolute Gasteiger partial charge is 0.492 e. The molecule has 1 aliphatic carbocycles. The Morgan fingerprint density at radius 1 is 1.14 bits per heavy atom. The van der Waals surface area contributed by atoms with Crippen LogP contribution in [0.4, 0.5) is 0 Å². The Kier molecular flexibility index (Phi) is 7.83. The molecule has 0 saturated heterocycles. The number of allylic oxidation sites excluding steroid dienone is 1. The number of para-hydroxylation sites is 1. The van der Waals surface area contributed by atoms with Crippen molar-refractivity contribution in [2.24, 2.45) is 11.0 Å². The minimum atomic E-state index is -0.422. The second-order valence-electron chi connectivity index (χ2n) is 10.7. The normalized spacial score (nSPS) is 18.4. The number of methoxy groups -OCH3 is 1. The Hall–Kier alpha value is -4.76. The highest BCUT2D eigenvalue weighted by Crippen LogP contribution is 2.53. The number of benzene rings is 3. The third-order valence-corrected chi connectivity index (χ3v) is 7.94. The van der Waals surface area contributed by atoms with E-state index in [0.717, 1.165) is 54.3 Å². The van der Waals surface area contributed by atoms with Gasteiger partial charge >= 0.3 is 5.97 Å². The van der Waals surface area contributed by atoms with E-state index in [0.29, 0.717) is 17.9 Å². The fraction of sp³-hybridized carbons (Fsp3) is 0.273. The monoisotopic (exact) mass is 562 g/mol. The molecule has 2 aliphatic rings. The van der Waals surface area contributed by atoms with Gasteiger partial charge in [0, 0.05) is 50.3 Å². The Bertz CT molecular complexity index is 1640. The average Bonchev–Trinajstić information content (AvgIpc) is 3.73. The number of hydrogen-bond donors (Lipinski definition) is 2. The Balaban J connectivity index is 1.28. The number of fused-ring (bicyclic) bond motifs is 1. The van der Waals surface area contributed by atoms with E-state index in [9.17, 15) is 4.79 Å². The van der Waals surface area contributed by atoms with Crippen LogP contribution in [0.1, 0.15) is 39.5 Å². The zero-order chi connectivity index (χ0) is 29.1. The highest BCUT2D eigenvalue weighted by atomic mass is 16.5. The van der Waals surface area contributed by atoms with Gasteiger partial charge in [-0.3, -0.25) is 4.90 Å².